The SMILES string of the molecule is COCCCN(CC(=O)N(Cc1ccc(F)cc1)Cc1cccs1)C(=O)Cc1ccccc1. The molecular weight excluding hydrogens is 439 g/mol. The average molecular weight is 469 g/mol. The van der Waals surface area contributed by atoms with Crippen molar-refractivity contribution in [3.63, 3.8) is 0 Å². The maximum Gasteiger partial charge on any atom is 0.242 e. The highest BCUT2D eigenvalue weighted by atomic mass is 32.1. The Kier molecular flexibility index (Phi) is 9.59. The minimum atomic E-state index is -0.314. The first-order valence-electron chi connectivity index (χ1n) is 10.9. The van der Waals surface area contributed by atoms with E-state index in [0.29, 0.717) is 32.7 Å². The average Bonchev–Trinajstić information content (AvgIpc) is 3.33. The molecule has 5 nitrogen and oxygen atoms in total. The molecule has 3 rings (SSSR count). The zero-order chi connectivity index (χ0) is 23.5. The van der Waals surface area contributed by atoms with Crippen LogP contribution in [0.1, 0.15) is 22.4 Å². The summed E-state index contributed by atoms with van der Waals surface area (Å²) in [4.78, 5) is 30.8. The van der Waals surface area contributed by atoms with Gasteiger partial charge in [-0.25, -0.2) is 4.39 Å². The Morgan fingerprint density at radius 1 is 0.879 bits per heavy atom. The highest BCUT2D eigenvalue weighted by Gasteiger charge is 2.22. The third-order valence-corrected chi connectivity index (χ3v) is 6.08. The number of nitrogens with zero attached hydrogens (tertiary/aromatic N) is 2. The lowest BCUT2D eigenvalue weighted by Crippen LogP contribution is -2.43. The molecule has 2 aromatic carbocycles. The second kappa shape index (κ2) is 12.9. The maximum atomic E-state index is 13.4. The number of ether oxygens (including phenoxy) is 1. The Bertz CT molecular complexity index is 994. The van der Waals surface area contributed by atoms with Gasteiger partial charge in [0.1, 0.15) is 5.82 Å². The molecule has 0 aliphatic heterocycles. The Balaban J connectivity index is 1.73. The summed E-state index contributed by atoms with van der Waals surface area (Å²) in [6, 6.07) is 19.6. The second-order valence-corrected chi connectivity index (χ2v) is 8.81. The summed E-state index contributed by atoms with van der Waals surface area (Å²) < 4.78 is 18.5. The van der Waals surface area contributed by atoms with Crippen LogP contribution < -0.4 is 0 Å². The summed E-state index contributed by atoms with van der Waals surface area (Å²) in [6.45, 7) is 1.72. The number of amides is 2. The van der Waals surface area contributed by atoms with Crippen molar-refractivity contribution in [2.75, 3.05) is 26.8 Å². The van der Waals surface area contributed by atoms with Crippen LogP contribution >= 0.6 is 11.3 Å². The molecule has 0 radical (unpaired) electrons. The van der Waals surface area contributed by atoms with Crippen molar-refractivity contribution in [3.05, 3.63) is 93.9 Å². The van der Waals surface area contributed by atoms with Gasteiger partial charge in [0.25, 0.3) is 0 Å². The minimum Gasteiger partial charge on any atom is -0.385 e. The van der Waals surface area contributed by atoms with Gasteiger partial charge in [0.2, 0.25) is 11.8 Å². The van der Waals surface area contributed by atoms with Crippen LogP contribution in [0.3, 0.4) is 0 Å². The Labute approximate surface area is 198 Å². The fraction of sp³-hybridized carbons (Fsp3) is 0.308. The lowest BCUT2D eigenvalue weighted by atomic mass is 10.1. The Morgan fingerprint density at radius 2 is 1.64 bits per heavy atom. The molecule has 33 heavy (non-hydrogen) atoms. The molecule has 3 aromatic rings. The van der Waals surface area contributed by atoms with Gasteiger partial charge in [-0.1, -0.05) is 48.5 Å². The minimum absolute atomic E-state index is 0.0120. The molecule has 0 saturated carbocycles. The lowest BCUT2D eigenvalue weighted by Gasteiger charge is -2.28. The van der Waals surface area contributed by atoms with Crippen molar-refractivity contribution in [1.29, 1.82) is 0 Å². The third-order valence-electron chi connectivity index (χ3n) is 5.22. The predicted octanol–water partition coefficient (Wildman–Crippen LogP) is 4.52. The molecule has 0 fully saturated rings. The zero-order valence-corrected chi connectivity index (χ0v) is 19.6. The quantitative estimate of drug-likeness (QED) is 0.367. The number of rotatable bonds is 12. The fourth-order valence-electron chi connectivity index (χ4n) is 3.47. The van der Waals surface area contributed by atoms with E-state index in [1.165, 1.54) is 12.1 Å². The van der Waals surface area contributed by atoms with Crippen LogP contribution in [0, 0.1) is 5.82 Å². The van der Waals surface area contributed by atoms with Crippen molar-refractivity contribution in [3.8, 4) is 0 Å². The number of hydrogen-bond donors (Lipinski definition) is 0. The normalized spacial score (nSPS) is 10.7. The zero-order valence-electron chi connectivity index (χ0n) is 18.8. The van der Waals surface area contributed by atoms with Crippen LogP contribution in [0.4, 0.5) is 4.39 Å². The first kappa shape index (κ1) is 24.6. The van der Waals surface area contributed by atoms with Crippen LogP contribution in [0.25, 0.3) is 0 Å². The second-order valence-electron chi connectivity index (χ2n) is 7.78. The maximum absolute atomic E-state index is 13.4. The number of methoxy groups -OCH3 is 1. The number of halogens is 1. The molecule has 0 N–H and O–H groups in total. The molecule has 1 aromatic heterocycles. The third kappa shape index (κ3) is 8.11. The molecule has 0 spiro atoms. The molecular formula is C26H29FN2O3S. The molecule has 0 saturated heterocycles. The monoisotopic (exact) mass is 468 g/mol. The smallest absolute Gasteiger partial charge is 0.242 e. The molecule has 1 heterocycles. The highest BCUT2D eigenvalue weighted by molar-refractivity contribution is 7.09. The van der Waals surface area contributed by atoms with Crippen LogP contribution in [-0.2, 0) is 33.8 Å². The van der Waals surface area contributed by atoms with E-state index in [1.54, 1.807) is 40.4 Å². The van der Waals surface area contributed by atoms with Gasteiger partial charge in [0, 0.05) is 31.7 Å². The number of thiophene rings is 1. The van der Waals surface area contributed by atoms with Gasteiger partial charge in [-0.2, -0.15) is 0 Å². The number of carbonyl (C=O) groups is 2. The van der Waals surface area contributed by atoms with Gasteiger partial charge in [0.15, 0.2) is 0 Å². The van der Waals surface area contributed by atoms with Crippen LogP contribution in [-0.4, -0.2) is 48.4 Å². The van der Waals surface area contributed by atoms with Crippen LogP contribution in [0.2, 0.25) is 0 Å². The summed E-state index contributed by atoms with van der Waals surface area (Å²) in [6.07, 6.45) is 0.886. The summed E-state index contributed by atoms with van der Waals surface area (Å²) in [5.74, 6) is -0.555. The van der Waals surface area contributed by atoms with Gasteiger partial charge < -0.3 is 14.5 Å². The molecule has 0 aliphatic rings. The topological polar surface area (TPSA) is 49.9 Å². The summed E-state index contributed by atoms with van der Waals surface area (Å²) in [7, 11) is 1.62. The Morgan fingerprint density at radius 3 is 2.30 bits per heavy atom. The standard InChI is InChI=1S/C26H29FN2O3S/c1-32-15-6-14-28(25(30)17-21-7-3-2-4-8-21)20-26(31)29(19-24-9-5-16-33-24)18-22-10-12-23(27)13-11-22/h2-5,7-13,16H,6,14-15,17-20H2,1H3. The molecule has 7 heteroatoms. The first-order valence-corrected chi connectivity index (χ1v) is 11.8. The Hall–Kier alpha value is -3.03. The van der Waals surface area contributed by atoms with Crippen molar-refractivity contribution in [2.24, 2.45) is 0 Å². The molecule has 174 valence electrons. The van der Waals surface area contributed by atoms with Crippen molar-refractivity contribution < 1.29 is 18.7 Å². The first-order chi connectivity index (χ1) is 16.0. The van der Waals surface area contributed by atoms with Crippen LogP contribution in [0.15, 0.2) is 72.1 Å². The summed E-state index contributed by atoms with van der Waals surface area (Å²) >= 11 is 1.57. The van der Waals surface area contributed by atoms with E-state index >= 15 is 0 Å². The van der Waals surface area contributed by atoms with Crippen LogP contribution in [0.5, 0.6) is 0 Å². The van der Waals surface area contributed by atoms with Gasteiger partial charge in [-0.05, 0) is 41.1 Å². The van der Waals surface area contributed by atoms with E-state index in [-0.39, 0.29) is 30.6 Å². The van der Waals surface area contributed by atoms with E-state index in [2.05, 4.69) is 0 Å². The molecule has 0 unspecified atom stereocenters. The highest BCUT2D eigenvalue weighted by Crippen LogP contribution is 2.16. The fourth-order valence-corrected chi connectivity index (χ4v) is 4.19. The van der Waals surface area contributed by atoms with Crippen molar-refractivity contribution >= 4 is 23.2 Å². The molecule has 2 amide bonds. The van der Waals surface area contributed by atoms with Crippen molar-refractivity contribution in [2.45, 2.75) is 25.9 Å². The molecule has 0 bridgehead atoms. The van der Waals surface area contributed by atoms with Gasteiger partial charge >= 0.3 is 0 Å². The van der Waals surface area contributed by atoms with Gasteiger partial charge in [0.05, 0.1) is 19.5 Å². The van der Waals surface area contributed by atoms with Crippen molar-refractivity contribution in [1.82, 2.24) is 9.80 Å². The molecule has 0 atom stereocenters. The van der Waals surface area contributed by atoms with E-state index in [4.69, 9.17) is 4.74 Å². The number of hydrogen-bond acceptors (Lipinski definition) is 4. The lowest BCUT2D eigenvalue weighted by molar-refractivity contribution is -0.141. The van der Waals surface area contributed by atoms with E-state index in [0.717, 1.165) is 16.0 Å². The molecule has 0 aliphatic carbocycles. The number of benzene rings is 2. The predicted molar refractivity (Wildman–Crippen MR) is 128 cm³/mol. The van der Waals surface area contributed by atoms with Gasteiger partial charge in [-0.15, -0.1) is 11.3 Å². The van der Waals surface area contributed by atoms with E-state index < -0.39 is 0 Å². The summed E-state index contributed by atoms with van der Waals surface area (Å²) in [5.41, 5.74) is 1.75. The summed E-state index contributed by atoms with van der Waals surface area (Å²) in [5, 5.41) is 1.97. The largest absolute Gasteiger partial charge is 0.385 e. The number of carbonyl (C=O) groups excluding carboxylic acids is 2. The van der Waals surface area contributed by atoms with E-state index in [9.17, 15) is 14.0 Å². The van der Waals surface area contributed by atoms with E-state index in [1.807, 2.05) is 47.8 Å². The van der Waals surface area contributed by atoms with Gasteiger partial charge in [-0.3, -0.25) is 9.59 Å².